The third kappa shape index (κ3) is 3.67. The molecule has 1 N–H and O–H groups in total. The second kappa shape index (κ2) is 6.99. The molecule has 0 amide bonds. The topological polar surface area (TPSA) is 83.9 Å². The number of carbonyl (C=O) groups is 1. The lowest BCUT2D eigenvalue weighted by Gasteiger charge is -2.27. The number of carboxylic acid groups (broad SMARTS) is 1. The fourth-order valence-electron chi connectivity index (χ4n) is 3.43. The first-order valence-electron chi connectivity index (χ1n) is 8.23. The summed E-state index contributed by atoms with van der Waals surface area (Å²) in [4.78, 5) is 13.4. The van der Waals surface area contributed by atoms with Gasteiger partial charge in [0.2, 0.25) is 0 Å². The third-order valence-electron chi connectivity index (χ3n) is 4.59. The van der Waals surface area contributed by atoms with Crippen molar-refractivity contribution < 1.29 is 23.1 Å². The van der Waals surface area contributed by atoms with Crippen molar-refractivity contribution >= 4 is 21.5 Å². The fraction of sp³-hybridized carbons (Fsp3) is 0.316. The summed E-state index contributed by atoms with van der Waals surface area (Å²) in [6.07, 6.45) is 1.84. The molecule has 1 aliphatic heterocycles. The quantitative estimate of drug-likeness (QED) is 0.835. The lowest BCUT2D eigenvalue weighted by Crippen LogP contribution is -2.33. The summed E-state index contributed by atoms with van der Waals surface area (Å²) >= 11 is 0. The van der Waals surface area contributed by atoms with Crippen molar-refractivity contribution in [2.24, 2.45) is 0 Å². The zero-order valence-corrected chi connectivity index (χ0v) is 15.5. The summed E-state index contributed by atoms with van der Waals surface area (Å²) in [6, 6.07) is 12.7. The van der Waals surface area contributed by atoms with Crippen LogP contribution in [0.15, 0.2) is 47.4 Å². The summed E-state index contributed by atoms with van der Waals surface area (Å²) in [5.41, 5.74) is 2.89. The Labute approximate surface area is 152 Å². The van der Waals surface area contributed by atoms with E-state index in [-0.39, 0.29) is 17.4 Å². The van der Waals surface area contributed by atoms with Gasteiger partial charge in [-0.15, -0.1) is 0 Å². The zero-order chi connectivity index (χ0) is 18.9. The van der Waals surface area contributed by atoms with E-state index in [0.29, 0.717) is 18.7 Å². The molecule has 138 valence electrons. The molecule has 0 aromatic heterocycles. The van der Waals surface area contributed by atoms with Crippen molar-refractivity contribution in [3.8, 4) is 5.75 Å². The Kier molecular flexibility index (Phi) is 4.91. The summed E-state index contributed by atoms with van der Waals surface area (Å²) in [7, 11) is -2.00. The normalized spacial score (nSPS) is 16.4. The fourth-order valence-corrected chi connectivity index (χ4v) is 4.31. The first-order chi connectivity index (χ1) is 12.3. The van der Waals surface area contributed by atoms with Gasteiger partial charge >= 0.3 is 5.97 Å². The van der Waals surface area contributed by atoms with Crippen molar-refractivity contribution in [3.05, 3.63) is 53.6 Å². The third-order valence-corrected chi connectivity index (χ3v) is 5.71. The van der Waals surface area contributed by atoms with E-state index < -0.39 is 15.8 Å². The van der Waals surface area contributed by atoms with E-state index in [2.05, 4.69) is 0 Å². The molecule has 0 spiro atoms. The van der Waals surface area contributed by atoms with Crippen LogP contribution in [0, 0.1) is 0 Å². The van der Waals surface area contributed by atoms with Gasteiger partial charge in [0, 0.05) is 24.5 Å². The Hall–Kier alpha value is -2.54. The maximum Gasteiger partial charge on any atom is 0.305 e. The Balaban J connectivity index is 1.97. The van der Waals surface area contributed by atoms with Gasteiger partial charge in [0.05, 0.1) is 13.5 Å². The van der Waals surface area contributed by atoms with E-state index in [0.717, 1.165) is 23.1 Å². The van der Waals surface area contributed by atoms with Crippen LogP contribution in [-0.4, -0.2) is 38.9 Å². The highest BCUT2D eigenvalue weighted by atomic mass is 32.2. The molecular weight excluding hydrogens is 354 g/mol. The van der Waals surface area contributed by atoms with Crippen LogP contribution in [0.2, 0.25) is 0 Å². The molecular formula is C19H21NO5S. The SMILES string of the molecule is COc1ccc(CN2c3ccccc3CC2CC(=O)O)cc1S(C)(=O)=O. The minimum atomic E-state index is -3.43. The smallest absolute Gasteiger partial charge is 0.305 e. The number of carboxylic acids is 1. The van der Waals surface area contributed by atoms with E-state index >= 15 is 0 Å². The largest absolute Gasteiger partial charge is 0.495 e. The minimum Gasteiger partial charge on any atom is -0.495 e. The number of nitrogens with zero attached hydrogens (tertiary/aromatic N) is 1. The van der Waals surface area contributed by atoms with Crippen molar-refractivity contribution in [2.75, 3.05) is 18.3 Å². The van der Waals surface area contributed by atoms with Crippen molar-refractivity contribution in [1.82, 2.24) is 0 Å². The van der Waals surface area contributed by atoms with Crippen LogP contribution >= 0.6 is 0 Å². The molecule has 6 nitrogen and oxygen atoms in total. The second-order valence-corrected chi connectivity index (χ2v) is 8.45. The highest BCUT2D eigenvalue weighted by molar-refractivity contribution is 7.90. The Morgan fingerprint density at radius 2 is 2.00 bits per heavy atom. The number of anilines is 1. The maximum absolute atomic E-state index is 12.0. The van der Waals surface area contributed by atoms with Crippen molar-refractivity contribution in [3.63, 3.8) is 0 Å². The molecule has 1 heterocycles. The highest BCUT2D eigenvalue weighted by Gasteiger charge is 2.30. The molecule has 1 unspecified atom stereocenters. The maximum atomic E-state index is 12.0. The van der Waals surface area contributed by atoms with Crippen LogP contribution < -0.4 is 9.64 Å². The van der Waals surface area contributed by atoms with E-state index in [9.17, 15) is 18.3 Å². The van der Waals surface area contributed by atoms with Gasteiger partial charge in [-0.1, -0.05) is 24.3 Å². The molecule has 1 aliphatic rings. The monoisotopic (exact) mass is 375 g/mol. The first kappa shape index (κ1) is 18.3. The van der Waals surface area contributed by atoms with Crippen LogP contribution in [0.3, 0.4) is 0 Å². The number of hydrogen-bond donors (Lipinski definition) is 1. The van der Waals surface area contributed by atoms with Crippen LogP contribution in [0.1, 0.15) is 17.5 Å². The van der Waals surface area contributed by atoms with Gasteiger partial charge < -0.3 is 14.7 Å². The van der Waals surface area contributed by atoms with Gasteiger partial charge in [0.25, 0.3) is 0 Å². The molecule has 2 aromatic rings. The molecule has 26 heavy (non-hydrogen) atoms. The summed E-state index contributed by atoms with van der Waals surface area (Å²) in [5, 5.41) is 9.23. The Morgan fingerprint density at radius 3 is 2.65 bits per heavy atom. The number of para-hydroxylation sites is 1. The van der Waals surface area contributed by atoms with E-state index in [1.165, 1.54) is 7.11 Å². The van der Waals surface area contributed by atoms with Crippen LogP contribution in [-0.2, 0) is 27.6 Å². The highest BCUT2D eigenvalue weighted by Crippen LogP contribution is 2.35. The average Bonchev–Trinajstić information content (AvgIpc) is 2.91. The lowest BCUT2D eigenvalue weighted by molar-refractivity contribution is -0.137. The van der Waals surface area contributed by atoms with Gasteiger partial charge in [-0.25, -0.2) is 8.42 Å². The van der Waals surface area contributed by atoms with Crippen molar-refractivity contribution in [1.29, 1.82) is 0 Å². The number of methoxy groups -OCH3 is 1. The minimum absolute atomic E-state index is 0.0315. The number of benzene rings is 2. The Morgan fingerprint density at radius 1 is 1.27 bits per heavy atom. The molecule has 0 bridgehead atoms. The van der Waals surface area contributed by atoms with Gasteiger partial charge in [-0.05, 0) is 35.7 Å². The number of fused-ring (bicyclic) bond motifs is 1. The second-order valence-electron chi connectivity index (χ2n) is 6.47. The molecule has 7 heteroatoms. The number of hydrogen-bond acceptors (Lipinski definition) is 5. The number of sulfone groups is 1. The summed E-state index contributed by atoms with van der Waals surface area (Å²) in [5.74, 6) is -0.542. The molecule has 2 aromatic carbocycles. The van der Waals surface area contributed by atoms with Crippen molar-refractivity contribution in [2.45, 2.75) is 30.3 Å². The lowest BCUT2D eigenvalue weighted by atomic mass is 10.1. The predicted octanol–water partition coefficient (Wildman–Crippen LogP) is 2.50. The molecule has 0 radical (unpaired) electrons. The average molecular weight is 375 g/mol. The zero-order valence-electron chi connectivity index (χ0n) is 14.7. The predicted molar refractivity (Wildman–Crippen MR) is 98.5 cm³/mol. The van der Waals surface area contributed by atoms with Gasteiger partial charge in [-0.3, -0.25) is 4.79 Å². The standard InChI is InChI=1S/C19H21NO5S/c1-25-17-8-7-13(9-18(17)26(2,23)24)12-20-15(11-19(21)22)10-14-5-3-4-6-16(14)20/h3-9,15H,10-12H2,1-2H3,(H,21,22). The van der Waals surface area contributed by atoms with Gasteiger partial charge in [0.1, 0.15) is 10.6 Å². The van der Waals surface area contributed by atoms with Gasteiger partial charge in [-0.2, -0.15) is 0 Å². The molecule has 3 rings (SSSR count). The summed E-state index contributed by atoms with van der Waals surface area (Å²) in [6.45, 7) is 0.432. The molecule has 0 fully saturated rings. The number of rotatable bonds is 6. The van der Waals surface area contributed by atoms with Crippen LogP contribution in [0.5, 0.6) is 5.75 Å². The van der Waals surface area contributed by atoms with Crippen LogP contribution in [0.4, 0.5) is 5.69 Å². The first-order valence-corrected chi connectivity index (χ1v) is 10.1. The molecule has 0 saturated heterocycles. The summed E-state index contributed by atoms with van der Waals surface area (Å²) < 4.78 is 29.2. The number of aliphatic carboxylic acids is 1. The van der Waals surface area contributed by atoms with E-state index in [4.69, 9.17) is 4.74 Å². The Bertz CT molecular complexity index is 939. The molecule has 0 aliphatic carbocycles. The molecule has 0 saturated carbocycles. The molecule has 1 atom stereocenters. The van der Waals surface area contributed by atoms with Crippen LogP contribution in [0.25, 0.3) is 0 Å². The van der Waals surface area contributed by atoms with Gasteiger partial charge in [0.15, 0.2) is 9.84 Å². The van der Waals surface area contributed by atoms with E-state index in [1.807, 2.05) is 35.2 Å². The number of ether oxygens (including phenoxy) is 1. The van der Waals surface area contributed by atoms with E-state index in [1.54, 1.807) is 12.1 Å².